The fraction of sp³-hybridized carbons (Fsp3) is 0.400. The van der Waals surface area contributed by atoms with Gasteiger partial charge in [-0.25, -0.2) is 0 Å². The van der Waals surface area contributed by atoms with Crippen molar-refractivity contribution in [2.75, 3.05) is 0 Å². The molecule has 0 saturated carbocycles. The zero-order chi connectivity index (χ0) is 9.73. The van der Waals surface area contributed by atoms with Crippen LogP contribution in [0.1, 0.15) is 18.9 Å². The van der Waals surface area contributed by atoms with Crippen molar-refractivity contribution >= 4 is 6.29 Å². The first-order valence-electron chi connectivity index (χ1n) is 4.19. The fourth-order valence-electron chi connectivity index (χ4n) is 1.19. The molecule has 70 valence electrons. The highest BCUT2D eigenvalue weighted by Gasteiger charge is 2.19. The summed E-state index contributed by atoms with van der Waals surface area (Å²) in [5.74, 6) is 0. The quantitative estimate of drug-likeness (QED) is 0.700. The Morgan fingerprint density at radius 3 is 3.00 bits per heavy atom. The molecule has 1 rings (SSSR count). The van der Waals surface area contributed by atoms with Gasteiger partial charge in [-0.1, -0.05) is 6.07 Å². The molecule has 0 radical (unpaired) electrons. The minimum atomic E-state index is -0.954. The molecule has 1 unspecified atom stereocenters. The minimum absolute atomic E-state index is 0.155. The van der Waals surface area contributed by atoms with E-state index in [9.17, 15) is 9.90 Å². The first-order valence-corrected chi connectivity index (χ1v) is 4.19. The van der Waals surface area contributed by atoms with Crippen LogP contribution in [-0.4, -0.2) is 22.0 Å². The van der Waals surface area contributed by atoms with Crippen LogP contribution >= 0.6 is 0 Å². The summed E-state index contributed by atoms with van der Waals surface area (Å²) in [6.45, 7) is 1.65. The maximum Gasteiger partial charge on any atom is 0.122 e. The zero-order valence-corrected chi connectivity index (χ0v) is 7.60. The van der Waals surface area contributed by atoms with Gasteiger partial charge in [0, 0.05) is 25.2 Å². The Hall–Kier alpha value is -1.22. The van der Waals surface area contributed by atoms with Crippen molar-refractivity contribution in [2.24, 2.45) is 0 Å². The molecule has 13 heavy (non-hydrogen) atoms. The molecule has 0 aliphatic carbocycles. The monoisotopic (exact) mass is 179 g/mol. The highest BCUT2D eigenvalue weighted by Crippen LogP contribution is 2.14. The predicted molar refractivity (Wildman–Crippen MR) is 49.2 cm³/mol. The van der Waals surface area contributed by atoms with E-state index in [4.69, 9.17) is 0 Å². The molecule has 3 nitrogen and oxygen atoms in total. The molecule has 3 heteroatoms. The number of hydrogen-bond donors (Lipinski definition) is 1. The molecule has 1 atom stereocenters. The molecule has 0 aromatic carbocycles. The molecule has 1 heterocycles. The lowest BCUT2D eigenvalue weighted by atomic mass is 9.95. The lowest BCUT2D eigenvalue weighted by molar-refractivity contribution is -0.111. The second kappa shape index (κ2) is 4.14. The molecular formula is C10H13NO2. The average Bonchev–Trinajstić information content (AvgIpc) is 2.04. The molecule has 0 aliphatic rings. The summed E-state index contributed by atoms with van der Waals surface area (Å²) < 4.78 is 0. The van der Waals surface area contributed by atoms with E-state index in [1.54, 1.807) is 19.3 Å². The first-order chi connectivity index (χ1) is 6.14. The summed E-state index contributed by atoms with van der Waals surface area (Å²) in [5.41, 5.74) is -0.0144. The standard InChI is InChI=1S/C10H13NO2/c1-10(13,4-6-12)7-9-3-2-5-11-8-9/h2-3,5-6,8,13H,4,7H2,1H3. The van der Waals surface area contributed by atoms with Crippen molar-refractivity contribution in [1.82, 2.24) is 4.98 Å². The van der Waals surface area contributed by atoms with Crippen LogP contribution in [-0.2, 0) is 11.2 Å². The van der Waals surface area contributed by atoms with E-state index in [1.165, 1.54) is 0 Å². The fourth-order valence-corrected chi connectivity index (χ4v) is 1.19. The third kappa shape index (κ3) is 3.34. The molecule has 1 aromatic rings. The zero-order valence-electron chi connectivity index (χ0n) is 7.60. The van der Waals surface area contributed by atoms with E-state index in [-0.39, 0.29) is 6.42 Å². The topological polar surface area (TPSA) is 50.2 Å². The third-order valence-corrected chi connectivity index (χ3v) is 1.83. The lowest BCUT2D eigenvalue weighted by Crippen LogP contribution is -2.27. The molecule has 0 fully saturated rings. The first kappa shape index (κ1) is 9.86. The number of nitrogens with zero attached hydrogens (tertiary/aromatic N) is 1. The van der Waals surface area contributed by atoms with Crippen LogP contribution in [0.3, 0.4) is 0 Å². The Bertz CT molecular complexity index is 270. The lowest BCUT2D eigenvalue weighted by Gasteiger charge is -2.19. The van der Waals surface area contributed by atoms with E-state index in [1.807, 2.05) is 12.1 Å². The van der Waals surface area contributed by atoms with Crippen LogP contribution in [0.15, 0.2) is 24.5 Å². The van der Waals surface area contributed by atoms with Gasteiger partial charge in [-0.05, 0) is 18.6 Å². The van der Waals surface area contributed by atoms with Gasteiger partial charge >= 0.3 is 0 Å². The summed E-state index contributed by atoms with van der Waals surface area (Å²) in [6.07, 6.45) is 4.72. The molecule has 1 N–H and O–H groups in total. The maximum absolute atomic E-state index is 10.2. The molecule has 0 aliphatic heterocycles. The number of aliphatic hydroxyl groups is 1. The Morgan fingerprint density at radius 1 is 1.69 bits per heavy atom. The van der Waals surface area contributed by atoms with Crippen LogP contribution in [0.25, 0.3) is 0 Å². The Labute approximate surface area is 77.4 Å². The van der Waals surface area contributed by atoms with Gasteiger partial charge in [0.15, 0.2) is 0 Å². The highest BCUT2D eigenvalue weighted by molar-refractivity contribution is 5.51. The van der Waals surface area contributed by atoms with E-state index >= 15 is 0 Å². The van der Waals surface area contributed by atoms with Crippen molar-refractivity contribution in [3.63, 3.8) is 0 Å². The van der Waals surface area contributed by atoms with E-state index in [0.29, 0.717) is 6.42 Å². The summed E-state index contributed by atoms with van der Waals surface area (Å²) in [7, 11) is 0. The van der Waals surface area contributed by atoms with Gasteiger partial charge in [0.1, 0.15) is 6.29 Å². The number of pyridine rings is 1. The number of carbonyl (C=O) groups is 1. The summed E-state index contributed by atoms with van der Waals surface area (Å²) in [4.78, 5) is 14.2. The maximum atomic E-state index is 10.2. The van der Waals surface area contributed by atoms with Gasteiger partial charge in [0.2, 0.25) is 0 Å². The van der Waals surface area contributed by atoms with Gasteiger partial charge in [0.05, 0.1) is 5.60 Å². The normalized spacial score (nSPS) is 14.9. The molecule has 1 aromatic heterocycles. The number of rotatable bonds is 4. The number of hydrogen-bond acceptors (Lipinski definition) is 3. The third-order valence-electron chi connectivity index (χ3n) is 1.83. The Kier molecular flexibility index (Phi) is 3.14. The number of aldehydes is 1. The van der Waals surface area contributed by atoms with Crippen LogP contribution < -0.4 is 0 Å². The molecule has 0 amide bonds. The smallest absolute Gasteiger partial charge is 0.122 e. The second-order valence-electron chi connectivity index (χ2n) is 3.41. The summed E-state index contributed by atoms with van der Waals surface area (Å²) in [6, 6.07) is 3.69. The molecule has 0 bridgehead atoms. The van der Waals surface area contributed by atoms with Gasteiger partial charge in [-0.3, -0.25) is 4.98 Å². The predicted octanol–water partition coefficient (Wildman–Crippen LogP) is 0.964. The van der Waals surface area contributed by atoms with Crippen molar-refractivity contribution in [1.29, 1.82) is 0 Å². The molecule has 0 saturated heterocycles. The van der Waals surface area contributed by atoms with Crippen molar-refractivity contribution in [3.05, 3.63) is 30.1 Å². The average molecular weight is 179 g/mol. The Balaban J connectivity index is 2.63. The van der Waals surface area contributed by atoms with Gasteiger partial charge in [-0.15, -0.1) is 0 Å². The van der Waals surface area contributed by atoms with Crippen LogP contribution in [0.5, 0.6) is 0 Å². The minimum Gasteiger partial charge on any atom is -0.389 e. The van der Waals surface area contributed by atoms with Crippen molar-refractivity contribution in [2.45, 2.75) is 25.4 Å². The van der Waals surface area contributed by atoms with Crippen LogP contribution in [0, 0.1) is 0 Å². The summed E-state index contributed by atoms with van der Waals surface area (Å²) in [5, 5.41) is 9.71. The van der Waals surface area contributed by atoms with Crippen molar-refractivity contribution in [3.8, 4) is 0 Å². The summed E-state index contributed by atoms with van der Waals surface area (Å²) >= 11 is 0. The molecular weight excluding hydrogens is 166 g/mol. The van der Waals surface area contributed by atoms with Crippen LogP contribution in [0.4, 0.5) is 0 Å². The van der Waals surface area contributed by atoms with Crippen LogP contribution in [0.2, 0.25) is 0 Å². The van der Waals surface area contributed by atoms with Gasteiger partial charge in [-0.2, -0.15) is 0 Å². The second-order valence-corrected chi connectivity index (χ2v) is 3.41. The van der Waals surface area contributed by atoms with Gasteiger partial charge in [0.25, 0.3) is 0 Å². The Morgan fingerprint density at radius 2 is 2.46 bits per heavy atom. The van der Waals surface area contributed by atoms with Gasteiger partial charge < -0.3 is 9.90 Å². The highest BCUT2D eigenvalue weighted by atomic mass is 16.3. The largest absolute Gasteiger partial charge is 0.389 e. The van der Waals surface area contributed by atoms with E-state index in [2.05, 4.69) is 4.98 Å². The number of carbonyl (C=O) groups excluding carboxylic acids is 1. The van der Waals surface area contributed by atoms with Crippen molar-refractivity contribution < 1.29 is 9.90 Å². The SMILES string of the molecule is CC(O)(CC=O)Cc1cccnc1. The number of aromatic nitrogens is 1. The van der Waals surface area contributed by atoms with E-state index < -0.39 is 5.60 Å². The van der Waals surface area contributed by atoms with E-state index in [0.717, 1.165) is 11.8 Å². The molecule has 0 spiro atoms.